The Balaban J connectivity index is 1.88. The van der Waals surface area contributed by atoms with E-state index in [4.69, 9.17) is 4.74 Å². The average molecular weight is 461 g/mol. The van der Waals surface area contributed by atoms with Crippen LogP contribution in [0.4, 0.5) is 0 Å². The van der Waals surface area contributed by atoms with E-state index in [2.05, 4.69) is 4.72 Å². The lowest BCUT2D eigenvalue weighted by atomic mass is 9.91. The van der Waals surface area contributed by atoms with Crippen LogP contribution in [0.2, 0.25) is 0 Å². The topological polar surface area (TPSA) is 83.4 Å². The molecule has 2 aromatic carbocycles. The van der Waals surface area contributed by atoms with Crippen molar-refractivity contribution in [3.8, 4) is 5.75 Å². The molecule has 0 amide bonds. The molecule has 0 saturated heterocycles. The molecule has 1 unspecified atom stereocenters. The Morgan fingerprint density at radius 2 is 1.81 bits per heavy atom. The molecule has 4 rings (SSSR count). The van der Waals surface area contributed by atoms with Gasteiger partial charge < -0.3 is 9.29 Å². The summed E-state index contributed by atoms with van der Waals surface area (Å²) in [6.07, 6.45) is 2.28. The monoisotopic (exact) mass is 460 g/mol. The number of methoxy groups -OCH3 is 1. The minimum Gasteiger partial charge on any atom is -0.598 e. The van der Waals surface area contributed by atoms with Gasteiger partial charge in [0.15, 0.2) is 0 Å². The highest BCUT2D eigenvalue weighted by atomic mass is 32.2. The van der Waals surface area contributed by atoms with Crippen LogP contribution < -0.4 is 9.46 Å². The van der Waals surface area contributed by atoms with Gasteiger partial charge >= 0.3 is 0 Å². The molecule has 166 valence electrons. The van der Waals surface area contributed by atoms with Gasteiger partial charge in [0.25, 0.3) is 10.0 Å². The number of ether oxygens (including phenoxy) is 1. The van der Waals surface area contributed by atoms with Gasteiger partial charge in [0.05, 0.1) is 23.6 Å². The number of hydrogen-bond donors (Lipinski definition) is 1. The van der Waals surface area contributed by atoms with Gasteiger partial charge in [-0.05, 0) is 70.4 Å². The van der Waals surface area contributed by atoms with Gasteiger partial charge in [0.1, 0.15) is 10.5 Å². The van der Waals surface area contributed by atoms with E-state index >= 15 is 0 Å². The van der Waals surface area contributed by atoms with Gasteiger partial charge in [-0.15, -0.1) is 4.72 Å². The van der Waals surface area contributed by atoms with Crippen LogP contribution in [-0.2, 0) is 27.8 Å². The molecule has 1 aliphatic carbocycles. The first kappa shape index (κ1) is 22.2. The summed E-state index contributed by atoms with van der Waals surface area (Å²) in [6, 6.07) is 13.8. The lowest BCUT2D eigenvalue weighted by Crippen LogP contribution is -2.42. The molecule has 0 bridgehead atoms. The van der Waals surface area contributed by atoms with Crippen LogP contribution in [0.5, 0.6) is 5.75 Å². The van der Waals surface area contributed by atoms with Crippen molar-refractivity contribution in [1.82, 2.24) is 8.69 Å². The summed E-state index contributed by atoms with van der Waals surface area (Å²) < 4.78 is 49.8. The van der Waals surface area contributed by atoms with Crippen molar-refractivity contribution in [2.24, 2.45) is 0 Å². The number of fused-ring (bicyclic) bond motifs is 3. The molecule has 1 N–H and O–H groups in total. The van der Waals surface area contributed by atoms with Crippen LogP contribution in [0.3, 0.4) is 0 Å². The molecule has 8 heteroatoms. The van der Waals surface area contributed by atoms with Crippen molar-refractivity contribution >= 4 is 32.3 Å². The molecule has 1 aliphatic rings. The quantitative estimate of drug-likeness (QED) is 0.574. The number of rotatable bonds is 5. The Bertz CT molecular complexity index is 1190. The van der Waals surface area contributed by atoms with Crippen LogP contribution in [0, 0.1) is 0 Å². The molecule has 1 aromatic heterocycles. The van der Waals surface area contributed by atoms with Crippen molar-refractivity contribution < 1.29 is 17.7 Å². The molecule has 0 spiro atoms. The van der Waals surface area contributed by atoms with Crippen molar-refractivity contribution in [2.45, 2.75) is 55.7 Å². The van der Waals surface area contributed by atoms with E-state index < -0.39 is 26.1 Å². The summed E-state index contributed by atoms with van der Waals surface area (Å²) in [5.74, 6) is 0.604. The van der Waals surface area contributed by atoms with E-state index in [0.29, 0.717) is 17.7 Å². The lowest BCUT2D eigenvalue weighted by Gasteiger charge is -2.30. The molecule has 2 atom stereocenters. The van der Waals surface area contributed by atoms with Crippen LogP contribution >= 0.6 is 0 Å². The fourth-order valence-corrected chi connectivity index (χ4v) is 6.52. The maximum atomic E-state index is 13.7. The van der Waals surface area contributed by atoms with Crippen LogP contribution in [-0.4, -0.2) is 28.8 Å². The molecule has 3 aromatic rings. The molecule has 0 aliphatic heterocycles. The Hall–Kier alpha value is -2.00. The van der Waals surface area contributed by atoms with Gasteiger partial charge in [-0.3, -0.25) is 0 Å². The van der Waals surface area contributed by atoms with E-state index in [0.717, 1.165) is 29.5 Å². The fraction of sp³-hybridized carbons (Fsp3) is 0.391. The first-order chi connectivity index (χ1) is 14.6. The number of benzene rings is 2. The summed E-state index contributed by atoms with van der Waals surface area (Å²) in [7, 11) is -2.26. The summed E-state index contributed by atoms with van der Waals surface area (Å²) in [4.78, 5) is 0.213. The molecular weight excluding hydrogens is 432 g/mol. The minimum atomic E-state index is -3.81. The van der Waals surface area contributed by atoms with Crippen LogP contribution in [0.15, 0.2) is 53.4 Å². The largest absolute Gasteiger partial charge is 0.598 e. The second-order valence-electron chi connectivity index (χ2n) is 8.77. The van der Waals surface area contributed by atoms with Crippen molar-refractivity contribution in [1.29, 1.82) is 0 Å². The smallest absolute Gasteiger partial charge is 0.268 e. The summed E-state index contributed by atoms with van der Waals surface area (Å²) in [6.45, 7) is 5.78. The SMILES string of the molecule is COc1ccc(S(=O)(=O)n2c3c(c4ccccc42)[C@@H](N[S+]([O-])C(C)(C)C)CCC3)cc1. The highest BCUT2D eigenvalue weighted by molar-refractivity contribution is 7.91. The highest BCUT2D eigenvalue weighted by Crippen LogP contribution is 2.40. The van der Waals surface area contributed by atoms with Gasteiger partial charge in [-0.2, -0.15) is 0 Å². The second-order valence-corrected chi connectivity index (χ2v) is 12.6. The van der Waals surface area contributed by atoms with Gasteiger partial charge in [0, 0.05) is 28.0 Å². The van der Waals surface area contributed by atoms with E-state index in [-0.39, 0.29) is 10.9 Å². The average Bonchev–Trinajstić information content (AvgIpc) is 3.09. The molecule has 0 saturated carbocycles. The molecule has 31 heavy (non-hydrogen) atoms. The molecule has 0 radical (unpaired) electrons. The fourth-order valence-electron chi connectivity index (χ4n) is 4.08. The van der Waals surface area contributed by atoms with Crippen LogP contribution in [0.1, 0.15) is 50.9 Å². The molecule has 6 nitrogen and oxygen atoms in total. The zero-order valence-corrected chi connectivity index (χ0v) is 19.8. The van der Waals surface area contributed by atoms with Crippen molar-refractivity contribution in [3.63, 3.8) is 0 Å². The maximum absolute atomic E-state index is 13.7. The Kier molecular flexibility index (Phi) is 5.85. The van der Waals surface area contributed by atoms with Crippen LogP contribution in [0.25, 0.3) is 10.9 Å². The van der Waals surface area contributed by atoms with Gasteiger partial charge in [-0.1, -0.05) is 18.2 Å². The second kappa shape index (κ2) is 8.16. The first-order valence-corrected chi connectivity index (χ1v) is 12.9. The number of para-hydroxylation sites is 1. The molecule has 0 fully saturated rings. The summed E-state index contributed by atoms with van der Waals surface area (Å²) in [5, 5.41) is 0.887. The number of aromatic nitrogens is 1. The number of nitrogens with zero attached hydrogens (tertiary/aromatic N) is 1. The number of hydrogen-bond acceptors (Lipinski definition) is 5. The normalized spacial score (nSPS) is 18.0. The maximum Gasteiger partial charge on any atom is 0.268 e. The van der Waals surface area contributed by atoms with E-state index in [1.165, 1.54) is 3.97 Å². The van der Waals surface area contributed by atoms with Crippen molar-refractivity contribution in [3.05, 3.63) is 59.8 Å². The Morgan fingerprint density at radius 3 is 2.45 bits per heavy atom. The Morgan fingerprint density at radius 1 is 1.13 bits per heavy atom. The third-order valence-corrected chi connectivity index (χ3v) is 9.00. The summed E-state index contributed by atoms with van der Waals surface area (Å²) in [5.41, 5.74) is 2.36. The molecule has 1 heterocycles. The highest BCUT2D eigenvalue weighted by Gasteiger charge is 2.36. The zero-order valence-electron chi connectivity index (χ0n) is 18.2. The van der Waals surface area contributed by atoms with Gasteiger partial charge in [0.2, 0.25) is 0 Å². The zero-order chi connectivity index (χ0) is 22.4. The van der Waals surface area contributed by atoms with E-state index in [1.807, 2.05) is 45.0 Å². The van der Waals surface area contributed by atoms with Gasteiger partial charge in [-0.25, -0.2) is 12.4 Å². The third kappa shape index (κ3) is 3.98. The summed E-state index contributed by atoms with van der Waals surface area (Å²) >= 11 is -1.26. The lowest BCUT2D eigenvalue weighted by molar-refractivity contribution is 0.414. The first-order valence-electron chi connectivity index (χ1n) is 10.3. The Labute approximate surface area is 187 Å². The van der Waals surface area contributed by atoms with Crippen molar-refractivity contribution in [2.75, 3.05) is 7.11 Å². The van der Waals surface area contributed by atoms with E-state index in [1.54, 1.807) is 31.4 Å². The number of nitrogens with one attached hydrogen (secondary N) is 1. The predicted octanol–water partition coefficient (Wildman–Crippen LogP) is 4.32. The predicted molar refractivity (Wildman–Crippen MR) is 124 cm³/mol. The molecular formula is C23H28N2O4S2. The minimum absolute atomic E-state index is 0.166. The van der Waals surface area contributed by atoms with E-state index in [9.17, 15) is 13.0 Å². The standard InChI is InChI=1S/C23H28N2O4S2/c1-23(2,3)30(26)24-19-9-7-11-21-22(19)18-8-5-6-10-20(18)25(21)31(27,28)17-14-12-16(29-4)13-15-17/h5-6,8,10,12-15,19,24H,7,9,11H2,1-4H3/t19-,30?/m0/s1. The third-order valence-electron chi connectivity index (χ3n) is 5.63.